The minimum Gasteiger partial charge on any atom is -0.384 e. The SMILES string of the molecule is CN(CCOCC1CC1)C(=O)c1ccccc1C#CCO. The molecular weight excluding hydrogens is 266 g/mol. The molecule has 0 heterocycles. The van der Waals surface area contributed by atoms with E-state index in [1.54, 1.807) is 24.1 Å². The van der Waals surface area contributed by atoms with Crippen LogP contribution in [0.3, 0.4) is 0 Å². The zero-order valence-electron chi connectivity index (χ0n) is 12.3. The number of ether oxygens (including phenoxy) is 1. The number of benzene rings is 1. The molecular formula is C17H21NO3. The number of aliphatic hydroxyl groups is 1. The van der Waals surface area contributed by atoms with Gasteiger partial charge in [-0.25, -0.2) is 0 Å². The molecule has 0 radical (unpaired) electrons. The van der Waals surface area contributed by atoms with Gasteiger partial charge in [0, 0.05) is 25.8 Å². The van der Waals surface area contributed by atoms with E-state index >= 15 is 0 Å². The lowest BCUT2D eigenvalue weighted by Gasteiger charge is -2.18. The van der Waals surface area contributed by atoms with Gasteiger partial charge in [-0.05, 0) is 30.9 Å². The number of carbonyl (C=O) groups is 1. The third-order valence-electron chi connectivity index (χ3n) is 3.43. The van der Waals surface area contributed by atoms with Crippen LogP contribution in [-0.4, -0.2) is 49.3 Å². The van der Waals surface area contributed by atoms with Crippen LogP contribution in [0.4, 0.5) is 0 Å². The molecule has 4 nitrogen and oxygen atoms in total. The molecule has 1 N–H and O–H groups in total. The first-order chi connectivity index (χ1) is 10.2. The second-order valence-corrected chi connectivity index (χ2v) is 5.25. The van der Waals surface area contributed by atoms with E-state index in [1.165, 1.54) is 12.8 Å². The Hall–Kier alpha value is -1.83. The van der Waals surface area contributed by atoms with Crippen LogP contribution in [0.1, 0.15) is 28.8 Å². The van der Waals surface area contributed by atoms with E-state index in [0.717, 1.165) is 12.5 Å². The van der Waals surface area contributed by atoms with Gasteiger partial charge in [0.1, 0.15) is 6.61 Å². The van der Waals surface area contributed by atoms with E-state index in [0.29, 0.717) is 24.3 Å². The van der Waals surface area contributed by atoms with Gasteiger partial charge in [-0.15, -0.1) is 0 Å². The molecule has 1 aliphatic rings. The summed E-state index contributed by atoms with van der Waals surface area (Å²) in [6.45, 7) is 1.71. The summed E-state index contributed by atoms with van der Waals surface area (Å²) in [5.74, 6) is 6.05. The lowest BCUT2D eigenvalue weighted by molar-refractivity contribution is 0.0681. The number of likely N-dealkylation sites (N-methyl/N-ethyl adjacent to an activating group) is 1. The van der Waals surface area contributed by atoms with Crippen LogP contribution < -0.4 is 0 Å². The standard InChI is InChI=1S/C17H21NO3/c1-18(10-12-21-13-14-8-9-14)17(20)16-7-3-2-5-15(16)6-4-11-19/h2-3,5,7,14,19H,8-13H2,1H3. The molecule has 1 saturated carbocycles. The summed E-state index contributed by atoms with van der Waals surface area (Å²) in [5.41, 5.74) is 1.20. The Balaban J connectivity index is 1.91. The third kappa shape index (κ3) is 4.89. The number of hydrogen-bond acceptors (Lipinski definition) is 3. The van der Waals surface area contributed by atoms with Crippen LogP contribution in [0, 0.1) is 17.8 Å². The molecule has 21 heavy (non-hydrogen) atoms. The largest absolute Gasteiger partial charge is 0.384 e. The van der Waals surface area contributed by atoms with Gasteiger partial charge in [-0.3, -0.25) is 4.79 Å². The summed E-state index contributed by atoms with van der Waals surface area (Å²) in [6, 6.07) is 7.18. The summed E-state index contributed by atoms with van der Waals surface area (Å²) in [6.07, 6.45) is 2.54. The van der Waals surface area contributed by atoms with Crippen molar-refractivity contribution in [3.8, 4) is 11.8 Å². The summed E-state index contributed by atoms with van der Waals surface area (Å²) in [4.78, 5) is 14.1. The van der Waals surface area contributed by atoms with Gasteiger partial charge in [0.25, 0.3) is 5.91 Å². The molecule has 0 spiro atoms. The number of aliphatic hydroxyl groups excluding tert-OH is 1. The van der Waals surface area contributed by atoms with Crippen molar-refractivity contribution in [2.24, 2.45) is 5.92 Å². The maximum absolute atomic E-state index is 12.4. The Bertz CT molecular complexity index is 540. The van der Waals surface area contributed by atoms with E-state index in [2.05, 4.69) is 11.8 Å². The zero-order chi connectivity index (χ0) is 15.1. The van der Waals surface area contributed by atoms with Gasteiger partial charge < -0.3 is 14.7 Å². The fourth-order valence-corrected chi connectivity index (χ4v) is 1.96. The topological polar surface area (TPSA) is 49.8 Å². The Morgan fingerprint density at radius 3 is 2.90 bits per heavy atom. The maximum atomic E-state index is 12.4. The minimum atomic E-state index is -0.215. The highest BCUT2D eigenvalue weighted by molar-refractivity contribution is 5.96. The molecule has 0 unspecified atom stereocenters. The van der Waals surface area contributed by atoms with Crippen LogP contribution in [0.2, 0.25) is 0 Å². The molecule has 1 fully saturated rings. The monoisotopic (exact) mass is 287 g/mol. The molecule has 1 aromatic carbocycles. The van der Waals surface area contributed by atoms with Gasteiger partial charge >= 0.3 is 0 Å². The van der Waals surface area contributed by atoms with Crippen LogP contribution >= 0.6 is 0 Å². The molecule has 0 saturated heterocycles. The van der Waals surface area contributed by atoms with Crippen molar-refractivity contribution >= 4 is 5.91 Å². The first kappa shape index (κ1) is 15.6. The Labute approximate surface area is 125 Å². The summed E-state index contributed by atoms with van der Waals surface area (Å²) in [5, 5.41) is 8.77. The quantitative estimate of drug-likeness (QED) is 0.637. The van der Waals surface area contributed by atoms with Crippen molar-refractivity contribution in [3.05, 3.63) is 35.4 Å². The lowest BCUT2D eigenvalue weighted by atomic mass is 10.1. The highest BCUT2D eigenvalue weighted by atomic mass is 16.5. The van der Waals surface area contributed by atoms with E-state index in [-0.39, 0.29) is 12.5 Å². The van der Waals surface area contributed by atoms with E-state index < -0.39 is 0 Å². The van der Waals surface area contributed by atoms with E-state index in [1.807, 2.05) is 12.1 Å². The average Bonchev–Trinajstić information content (AvgIpc) is 3.33. The highest BCUT2D eigenvalue weighted by Gasteiger charge is 2.21. The van der Waals surface area contributed by atoms with Gasteiger partial charge in [0.2, 0.25) is 0 Å². The van der Waals surface area contributed by atoms with Gasteiger partial charge in [0.05, 0.1) is 12.2 Å². The maximum Gasteiger partial charge on any atom is 0.254 e. The predicted octanol–water partition coefficient (Wildman–Crippen LogP) is 1.53. The number of amides is 1. The van der Waals surface area contributed by atoms with Crippen LogP contribution in [0.5, 0.6) is 0 Å². The molecule has 0 aromatic heterocycles. The smallest absolute Gasteiger partial charge is 0.254 e. The summed E-state index contributed by atoms with van der Waals surface area (Å²) in [7, 11) is 1.76. The summed E-state index contributed by atoms with van der Waals surface area (Å²) >= 11 is 0. The number of nitrogens with zero attached hydrogens (tertiary/aromatic N) is 1. The second kappa shape index (κ2) is 7.82. The minimum absolute atomic E-state index is 0.0761. The van der Waals surface area contributed by atoms with Gasteiger partial charge in [-0.2, -0.15) is 0 Å². The van der Waals surface area contributed by atoms with E-state index in [9.17, 15) is 4.79 Å². The van der Waals surface area contributed by atoms with Crippen LogP contribution in [-0.2, 0) is 4.74 Å². The zero-order valence-corrected chi connectivity index (χ0v) is 12.3. The van der Waals surface area contributed by atoms with Gasteiger partial charge in [-0.1, -0.05) is 24.0 Å². The van der Waals surface area contributed by atoms with Crippen molar-refractivity contribution < 1.29 is 14.6 Å². The second-order valence-electron chi connectivity index (χ2n) is 5.25. The fraction of sp³-hybridized carbons (Fsp3) is 0.471. The number of carbonyl (C=O) groups excluding carboxylic acids is 1. The normalized spacial score (nSPS) is 13.4. The van der Waals surface area contributed by atoms with Crippen molar-refractivity contribution in [1.82, 2.24) is 4.90 Å². The molecule has 1 amide bonds. The number of rotatable bonds is 6. The molecule has 2 rings (SSSR count). The van der Waals surface area contributed by atoms with Crippen molar-refractivity contribution in [2.75, 3.05) is 33.4 Å². The first-order valence-electron chi connectivity index (χ1n) is 7.24. The number of hydrogen-bond donors (Lipinski definition) is 1. The molecule has 0 aliphatic heterocycles. The van der Waals surface area contributed by atoms with Crippen LogP contribution in [0.15, 0.2) is 24.3 Å². The Kier molecular flexibility index (Phi) is 5.79. The van der Waals surface area contributed by atoms with Crippen molar-refractivity contribution in [3.63, 3.8) is 0 Å². The molecule has 112 valence electrons. The van der Waals surface area contributed by atoms with Crippen LogP contribution in [0.25, 0.3) is 0 Å². The average molecular weight is 287 g/mol. The summed E-state index contributed by atoms with van der Waals surface area (Å²) < 4.78 is 5.55. The predicted molar refractivity (Wildman–Crippen MR) is 80.9 cm³/mol. The first-order valence-corrected chi connectivity index (χ1v) is 7.24. The Morgan fingerprint density at radius 2 is 2.19 bits per heavy atom. The van der Waals surface area contributed by atoms with Gasteiger partial charge in [0.15, 0.2) is 0 Å². The molecule has 1 aliphatic carbocycles. The molecule has 0 atom stereocenters. The Morgan fingerprint density at radius 1 is 1.43 bits per heavy atom. The molecule has 1 aromatic rings. The lowest BCUT2D eigenvalue weighted by Crippen LogP contribution is -2.30. The highest BCUT2D eigenvalue weighted by Crippen LogP contribution is 2.28. The van der Waals surface area contributed by atoms with Crippen molar-refractivity contribution in [2.45, 2.75) is 12.8 Å². The van der Waals surface area contributed by atoms with E-state index in [4.69, 9.17) is 9.84 Å². The molecule has 0 bridgehead atoms. The third-order valence-corrected chi connectivity index (χ3v) is 3.43. The molecule has 4 heteroatoms. The van der Waals surface area contributed by atoms with Crippen molar-refractivity contribution in [1.29, 1.82) is 0 Å². The fourth-order valence-electron chi connectivity index (χ4n) is 1.96.